The average molecular weight is 289 g/mol. The summed E-state index contributed by atoms with van der Waals surface area (Å²) in [6.45, 7) is 0.719. The van der Waals surface area contributed by atoms with Crippen LogP contribution in [-0.2, 0) is 11.3 Å². The van der Waals surface area contributed by atoms with Crippen LogP contribution in [0.4, 0.5) is 11.4 Å². The Bertz CT molecular complexity index is 658. The van der Waals surface area contributed by atoms with Crippen molar-refractivity contribution in [3.63, 3.8) is 0 Å². The molecule has 2 aromatic rings. The average Bonchev–Trinajstić information content (AvgIpc) is 2.45. The van der Waals surface area contributed by atoms with Crippen molar-refractivity contribution in [1.82, 2.24) is 0 Å². The maximum atomic E-state index is 11.3. The van der Waals surface area contributed by atoms with Gasteiger partial charge in [-0.15, -0.1) is 0 Å². The Labute approximate surface area is 121 Å². The van der Waals surface area contributed by atoms with Crippen LogP contribution in [0.25, 0.3) is 0 Å². The van der Waals surface area contributed by atoms with E-state index in [0.29, 0.717) is 23.0 Å². The highest BCUT2D eigenvalue weighted by Crippen LogP contribution is 2.28. The van der Waals surface area contributed by atoms with E-state index in [1.807, 2.05) is 42.5 Å². The Kier molecular flexibility index (Phi) is 3.48. The molecule has 0 saturated heterocycles. The third-order valence-electron chi connectivity index (χ3n) is 3.00. The molecule has 1 aliphatic heterocycles. The van der Waals surface area contributed by atoms with Crippen LogP contribution in [0.5, 0.6) is 5.75 Å². The molecule has 2 N–H and O–H groups in total. The molecule has 3 rings (SSSR count). The van der Waals surface area contributed by atoms with E-state index in [9.17, 15) is 4.79 Å². The lowest BCUT2D eigenvalue weighted by Crippen LogP contribution is -2.25. The number of carbonyl (C=O) groups excluding carboxylic acids is 1. The number of nitrogens with one attached hydrogen (secondary N) is 2. The van der Waals surface area contributed by atoms with Crippen molar-refractivity contribution in [3.8, 4) is 5.75 Å². The molecule has 0 radical (unpaired) electrons. The Morgan fingerprint density at radius 1 is 1.25 bits per heavy atom. The van der Waals surface area contributed by atoms with Gasteiger partial charge in [-0.1, -0.05) is 23.7 Å². The first-order valence-corrected chi connectivity index (χ1v) is 6.63. The van der Waals surface area contributed by atoms with Gasteiger partial charge in [0.1, 0.15) is 5.75 Å². The second-order valence-electron chi connectivity index (χ2n) is 4.53. The summed E-state index contributed by atoms with van der Waals surface area (Å²) in [6, 6.07) is 13.3. The van der Waals surface area contributed by atoms with E-state index in [-0.39, 0.29) is 12.5 Å². The number of rotatable bonds is 3. The number of halogens is 1. The van der Waals surface area contributed by atoms with Crippen LogP contribution in [0.1, 0.15) is 5.56 Å². The molecule has 1 heterocycles. The van der Waals surface area contributed by atoms with Gasteiger partial charge in [0.25, 0.3) is 5.91 Å². The molecule has 4 nitrogen and oxygen atoms in total. The van der Waals surface area contributed by atoms with Gasteiger partial charge in [-0.25, -0.2) is 0 Å². The lowest BCUT2D eigenvalue weighted by Gasteiger charge is -2.18. The third kappa shape index (κ3) is 2.86. The van der Waals surface area contributed by atoms with E-state index >= 15 is 0 Å². The number of ether oxygens (including phenoxy) is 1. The molecule has 0 aromatic heterocycles. The number of hydrogen-bond donors (Lipinski definition) is 2. The van der Waals surface area contributed by atoms with Crippen molar-refractivity contribution >= 4 is 28.9 Å². The Balaban J connectivity index is 1.72. The van der Waals surface area contributed by atoms with Crippen LogP contribution in [0.2, 0.25) is 5.02 Å². The number of hydrogen-bond acceptors (Lipinski definition) is 3. The van der Waals surface area contributed by atoms with Gasteiger partial charge in [-0.2, -0.15) is 0 Å². The predicted octanol–water partition coefficient (Wildman–Crippen LogP) is 3.28. The summed E-state index contributed by atoms with van der Waals surface area (Å²) in [4.78, 5) is 11.3. The second-order valence-corrected chi connectivity index (χ2v) is 4.97. The van der Waals surface area contributed by atoms with Gasteiger partial charge in [0.2, 0.25) is 0 Å². The summed E-state index contributed by atoms with van der Waals surface area (Å²) in [6.07, 6.45) is 0. The number of amides is 1. The fraction of sp³-hybridized carbons (Fsp3) is 0.133. The molecule has 102 valence electrons. The van der Waals surface area contributed by atoms with E-state index in [0.717, 1.165) is 11.3 Å². The van der Waals surface area contributed by atoms with Gasteiger partial charge >= 0.3 is 0 Å². The van der Waals surface area contributed by atoms with Crippen LogP contribution >= 0.6 is 11.6 Å². The SMILES string of the molecule is O=C1COc2ccc(CNc3cccc(Cl)c3)cc2N1. The normalized spacial score (nSPS) is 13.2. The van der Waals surface area contributed by atoms with Gasteiger partial charge < -0.3 is 15.4 Å². The maximum absolute atomic E-state index is 11.3. The lowest BCUT2D eigenvalue weighted by atomic mass is 10.1. The zero-order valence-corrected chi connectivity index (χ0v) is 11.4. The Morgan fingerprint density at radius 2 is 2.15 bits per heavy atom. The maximum Gasteiger partial charge on any atom is 0.262 e. The second kappa shape index (κ2) is 5.43. The fourth-order valence-electron chi connectivity index (χ4n) is 2.04. The summed E-state index contributed by atoms with van der Waals surface area (Å²) < 4.78 is 5.32. The van der Waals surface area contributed by atoms with E-state index in [1.165, 1.54) is 0 Å². The smallest absolute Gasteiger partial charge is 0.262 e. The third-order valence-corrected chi connectivity index (χ3v) is 3.23. The molecule has 0 spiro atoms. The molecule has 1 amide bonds. The summed E-state index contributed by atoms with van der Waals surface area (Å²) in [5.74, 6) is 0.577. The van der Waals surface area contributed by atoms with Crippen molar-refractivity contribution < 1.29 is 9.53 Å². The molecule has 0 bridgehead atoms. The van der Waals surface area contributed by atoms with Crippen molar-refractivity contribution in [2.24, 2.45) is 0 Å². The zero-order chi connectivity index (χ0) is 13.9. The van der Waals surface area contributed by atoms with Crippen molar-refractivity contribution in [2.75, 3.05) is 17.2 Å². The highest BCUT2D eigenvalue weighted by molar-refractivity contribution is 6.30. The molecule has 5 heteroatoms. The summed E-state index contributed by atoms with van der Waals surface area (Å²) in [5.41, 5.74) is 2.72. The minimum atomic E-state index is -0.127. The monoisotopic (exact) mass is 288 g/mol. The van der Waals surface area contributed by atoms with Gasteiger partial charge in [0.05, 0.1) is 5.69 Å². The fourth-order valence-corrected chi connectivity index (χ4v) is 2.23. The molecular weight excluding hydrogens is 276 g/mol. The molecule has 20 heavy (non-hydrogen) atoms. The Hall–Kier alpha value is -2.20. The molecule has 0 atom stereocenters. The molecule has 2 aromatic carbocycles. The van der Waals surface area contributed by atoms with E-state index < -0.39 is 0 Å². The predicted molar refractivity (Wildman–Crippen MR) is 79.3 cm³/mol. The first-order chi connectivity index (χ1) is 9.70. The first-order valence-electron chi connectivity index (χ1n) is 6.26. The van der Waals surface area contributed by atoms with Crippen molar-refractivity contribution in [2.45, 2.75) is 6.54 Å². The molecular formula is C15H13ClN2O2. The van der Waals surface area contributed by atoms with Crippen molar-refractivity contribution in [1.29, 1.82) is 0 Å². The van der Waals surface area contributed by atoms with Gasteiger partial charge in [0, 0.05) is 17.3 Å². The van der Waals surface area contributed by atoms with Gasteiger partial charge in [-0.3, -0.25) is 4.79 Å². The van der Waals surface area contributed by atoms with Crippen LogP contribution in [0.3, 0.4) is 0 Å². The van der Waals surface area contributed by atoms with Crippen LogP contribution in [-0.4, -0.2) is 12.5 Å². The van der Waals surface area contributed by atoms with Gasteiger partial charge in [-0.05, 0) is 35.9 Å². The number of fused-ring (bicyclic) bond motifs is 1. The lowest BCUT2D eigenvalue weighted by molar-refractivity contribution is -0.118. The first kappa shape index (κ1) is 12.8. The molecule has 1 aliphatic rings. The molecule has 0 unspecified atom stereocenters. The minimum absolute atomic E-state index is 0.0765. The van der Waals surface area contributed by atoms with Crippen LogP contribution < -0.4 is 15.4 Å². The molecule has 0 saturated carbocycles. The molecule has 0 aliphatic carbocycles. The van der Waals surface area contributed by atoms with Crippen molar-refractivity contribution in [3.05, 3.63) is 53.1 Å². The summed E-state index contributed by atoms with van der Waals surface area (Å²) >= 11 is 5.93. The number of carbonyl (C=O) groups is 1. The quantitative estimate of drug-likeness (QED) is 0.911. The number of benzene rings is 2. The van der Waals surface area contributed by atoms with E-state index in [4.69, 9.17) is 16.3 Å². The molecule has 0 fully saturated rings. The van der Waals surface area contributed by atoms with Crippen LogP contribution in [0, 0.1) is 0 Å². The van der Waals surface area contributed by atoms with Crippen LogP contribution in [0.15, 0.2) is 42.5 Å². The highest BCUT2D eigenvalue weighted by Gasteiger charge is 2.15. The standard InChI is InChI=1S/C15H13ClN2O2/c16-11-2-1-3-12(7-11)17-8-10-4-5-14-13(6-10)18-15(19)9-20-14/h1-7,17H,8-9H2,(H,18,19). The highest BCUT2D eigenvalue weighted by atomic mass is 35.5. The minimum Gasteiger partial charge on any atom is -0.482 e. The number of anilines is 2. The summed E-state index contributed by atoms with van der Waals surface area (Å²) in [7, 11) is 0. The summed E-state index contributed by atoms with van der Waals surface area (Å²) in [5, 5.41) is 6.77. The van der Waals surface area contributed by atoms with E-state index in [2.05, 4.69) is 10.6 Å². The largest absolute Gasteiger partial charge is 0.482 e. The topological polar surface area (TPSA) is 50.4 Å². The van der Waals surface area contributed by atoms with Gasteiger partial charge in [0.15, 0.2) is 6.61 Å². The Morgan fingerprint density at radius 3 is 3.00 bits per heavy atom. The van der Waals surface area contributed by atoms with E-state index in [1.54, 1.807) is 0 Å². The zero-order valence-electron chi connectivity index (χ0n) is 10.7.